The minimum Gasteiger partial charge on any atom is -0.314 e. The molecule has 0 aromatic rings. The van der Waals surface area contributed by atoms with Gasteiger partial charge >= 0.3 is 0 Å². The molecule has 1 heterocycles. The molecule has 0 atom stereocenters. The van der Waals surface area contributed by atoms with E-state index in [1.807, 2.05) is 0 Å². The van der Waals surface area contributed by atoms with Crippen LogP contribution in [0, 0.1) is 12.3 Å². The van der Waals surface area contributed by atoms with E-state index in [9.17, 15) is 8.42 Å². The molecule has 92 valence electrons. The highest BCUT2D eigenvalue weighted by Crippen LogP contribution is 2.01. The Hall–Kier alpha value is -0.260. The highest BCUT2D eigenvalue weighted by atomic mass is 32.2. The monoisotopic (exact) mass is 263 g/mol. The lowest BCUT2D eigenvalue weighted by Crippen LogP contribution is -2.50. The molecule has 1 aliphatic heterocycles. The molecule has 0 saturated carbocycles. The van der Waals surface area contributed by atoms with E-state index in [-0.39, 0.29) is 0 Å². The molecule has 0 aliphatic carbocycles. The van der Waals surface area contributed by atoms with E-state index < -0.39 is 10.2 Å². The van der Waals surface area contributed by atoms with Gasteiger partial charge in [-0.2, -0.15) is 12.7 Å². The topological polar surface area (TPSA) is 61.4 Å². The highest BCUT2D eigenvalue weighted by molar-refractivity contribution is 7.99. The molecule has 1 fully saturated rings. The SMILES string of the molecule is C#CCSCCNS(=O)(=O)N1CCNCC1. The van der Waals surface area contributed by atoms with Crippen molar-refractivity contribution in [3.63, 3.8) is 0 Å². The van der Waals surface area contributed by atoms with Crippen LogP contribution in [0.1, 0.15) is 0 Å². The van der Waals surface area contributed by atoms with Gasteiger partial charge in [-0.25, -0.2) is 4.72 Å². The maximum absolute atomic E-state index is 11.8. The molecule has 0 amide bonds. The van der Waals surface area contributed by atoms with E-state index in [0.717, 1.165) is 0 Å². The van der Waals surface area contributed by atoms with Gasteiger partial charge < -0.3 is 5.32 Å². The van der Waals surface area contributed by atoms with E-state index in [1.54, 1.807) is 11.8 Å². The summed E-state index contributed by atoms with van der Waals surface area (Å²) in [6.45, 7) is 2.93. The molecule has 0 unspecified atom stereocenters. The molecule has 0 aromatic carbocycles. The van der Waals surface area contributed by atoms with Crippen molar-refractivity contribution >= 4 is 22.0 Å². The molecule has 1 aliphatic rings. The first-order chi connectivity index (χ1) is 7.67. The molecule has 1 saturated heterocycles. The van der Waals surface area contributed by atoms with Crippen molar-refractivity contribution in [2.24, 2.45) is 0 Å². The van der Waals surface area contributed by atoms with Gasteiger partial charge in [-0.3, -0.25) is 0 Å². The maximum Gasteiger partial charge on any atom is 0.279 e. The van der Waals surface area contributed by atoms with Crippen LogP contribution in [-0.2, 0) is 10.2 Å². The Morgan fingerprint density at radius 2 is 2.12 bits per heavy atom. The van der Waals surface area contributed by atoms with Crippen LogP contribution in [0.4, 0.5) is 0 Å². The molecule has 0 aromatic heterocycles. The van der Waals surface area contributed by atoms with Crippen molar-refractivity contribution in [2.75, 3.05) is 44.2 Å². The van der Waals surface area contributed by atoms with Crippen LogP contribution in [0.15, 0.2) is 0 Å². The summed E-state index contributed by atoms with van der Waals surface area (Å²) in [5, 5.41) is 3.11. The Bertz CT molecular complexity index is 331. The third-order valence-corrected chi connectivity index (χ3v) is 4.61. The molecular weight excluding hydrogens is 246 g/mol. The Balaban J connectivity index is 2.25. The minimum absolute atomic E-state index is 0.429. The molecule has 5 nitrogen and oxygen atoms in total. The van der Waals surface area contributed by atoms with Gasteiger partial charge in [0.05, 0.1) is 5.75 Å². The summed E-state index contributed by atoms with van der Waals surface area (Å²) in [5.41, 5.74) is 0. The third kappa shape index (κ3) is 4.72. The van der Waals surface area contributed by atoms with Crippen molar-refractivity contribution in [3.8, 4) is 12.3 Å². The average Bonchev–Trinajstić information content (AvgIpc) is 2.30. The first-order valence-corrected chi connectivity index (χ1v) is 7.73. The summed E-state index contributed by atoms with van der Waals surface area (Å²) in [4.78, 5) is 0. The summed E-state index contributed by atoms with van der Waals surface area (Å²) >= 11 is 1.55. The number of nitrogens with one attached hydrogen (secondary N) is 2. The number of hydrogen-bond donors (Lipinski definition) is 2. The van der Waals surface area contributed by atoms with Crippen molar-refractivity contribution < 1.29 is 8.42 Å². The lowest BCUT2D eigenvalue weighted by atomic mass is 10.4. The van der Waals surface area contributed by atoms with Crippen molar-refractivity contribution in [2.45, 2.75) is 0 Å². The minimum atomic E-state index is -3.29. The predicted molar refractivity (Wildman–Crippen MR) is 67.5 cm³/mol. The number of piperazine rings is 1. The van der Waals surface area contributed by atoms with Crippen LogP contribution < -0.4 is 10.0 Å². The maximum atomic E-state index is 11.8. The Kier molecular flexibility index (Phi) is 6.16. The zero-order valence-electron chi connectivity index (χ0n) is 9.11. The summed E-state index contributed by atoms with van der Waals surface area (Å²) < 4.78 is 27.5. The summed E-state index contributed by atoms with van der Waals surface area (Å²) in [7, 11) is -3.29. The Labute approximate surface area is 102 Å². The van der Waals surface area contributed by atoms with Crippen LogP contribution in [0.25, 0.3) is 0 Å². The molecule has 0 bridgehead atoms. The number of hydrogen-bond acceptors (Lipinski definition) is 4. The van der Waals surface area contributed by atoms with E-state index in [1.165, 1.54) is 4.31 Å². The van der Waals surface area contributed by atoms with E-state index in [2.05, 4.69) is 16.0 Å². The van der Waals surface area contributed by atoms with E-state index in [0.29, 0.717) is 44.2 Å². The second-order valence-corrected chi connectivity index (χ2v) is 6.17. The molecule has 7 heteroatoms. The Morgan fingerprint density at radius 1 is 1.44 bits per heavy atom. The van der Waals surface area contributed by atoms with Gasteiger partial charge in [0.2, 0.25) is 0 Å². The number of terminal acetylenes is 1. The van der Waals surface area contributed by atoms with Crippen molar-refractivity contribution in [3.05, 3.63) is 0 Å². The predicted octanol–water partition coefficient (Wildman–Crippen LogP) is -0.908. The van der Waals surface area contributed by atoms with Crippen LogP contribution in [0.3, 0.4) is 0 Å². The highest BCUT2D eigenvalue weighted by Gasteiger charge is 2.22. The van der Waals surface area contributed by atoms with Gasteiger partial charge in [0.25, 0.3) is 10.2 Å². The zero-order chi connectivity index (χ0) is 11.9. The Morgan fingerprint density at radius 3 is 2.75 bits per heavy atom. The third-order valence-electron chi connectivity index (χ3n) is 2.13. The van der Waals surface area contributed by atoms with Gasteiger partial charge in [0, 0.05) is 38.5 Å². The second-order valence-electron chi connectivity index (χ2n) is 3.31. The first-order valence-electron chi connectivity index (χ1n) is 5.13. The van der Waals surface area contributed by atoms with Gasteiger partial charge in [-0.05, 0) is 0 Å². The molecule has 0 spiro atoms. The fourth-order valence-corrected chi connectivity index (χ4v) is 3.19. The molecular formula is C9H17N3O2S2. The average molecular weight is 263 g/mol. The van der Waals surface area contributed by atoms with Crippen LogP contribution in [0.5, 0.6) is 0 Å². The first kappa shape index (κ1) is 13.8. The second kappa shape index (κ2) is 7.14. The normalized spacial score (nSPS) is 18.2. The van der Waals surface area contributed by atoms with Crippen molar-refractivity contribution in [1.82, 2.24) is 14.3 Å². The number of nitrogens with zero attached hydrogens (tertiary/aromatic N) is 1. The fourth-order valence-electron chi connectivity index (χ4n) is 1.35. The van der Waals surface area contributed by atoms with Gasteiger partial charge in [0.15, 0.2) is 0 Å². The smallest absolute Gasteiger partial charge is 0.279 e. The van der Waals surface area contributed by atoms with Crippen LogP contribution >= 0.6 is 11.8 Å². The lowest BCUT2D eigenvalue weighted by Gasteiger charge is -2.26. The van der Waals surface area contributed by atoms with Gasteiger partial charge in [0.1, 0.15) is 0 Å². The van der Waals surface area contributed by atoms with Crippen LogP contribution in [-0.4, -0.2) is 57.0 Å². The van der Waals surface area contributed by atoms with Crippen LogP contribution in [0.2, 0.25) is 0 Å². The largest absolute Gasteiger partial charge is 0.314 e. The van der Waals surface area contributed by atoms with Crippen molar-refractivity contribution in [1.29, 1.82) is 0 Å². The fraction of sp³-hybridized carbons (Fsp3) is 0.778. The molecule has 16 heavy (non-hydrogen) atoms. The summed E-state index contributed by atoms with van der Waals surface area (Å²) in [6.07, 6.45) is 5.09. The van der Waals surface area contributed by atoms with Gasteiger partial charge in [-0.1, -0.05) is 5.92 Å². The number of thioether (sulfide) groups is 1. The van der Waals surface area contributed by atoms with Gasteiger partial charge in [-0.15, -0.1) is 18.2 Å². The quantitative estimate of drug-likeness (QED) is 0.481. The standard InChI is InChI=1S/C9H17N3O2S2/c1-2-8-15-9-5-11-16(13,14)12-6-3-10-4-7-12/h1,10-11H,3-9H2. The summed E-state index contributed by atoms with van der Waals surface area (Å²) in [5.74, 6) is 3.82. The lowest BCUT2D eigenvalue weighted by molar-refractivity contribution is 0.355. The number of rotatable bonds is 6. The molecule has 1 rings (SSSR count). The van der Waals surface area contributed by atoms with E-state index >= 15 is 0 Å². The molecule has 2 N–H and O–H groups in total. The zero-order valence-corrected chi connectivity index (χ0v) is 10.7. The van der Waals surface area contributed by atoms with E-state index in [4.69, 9.17) is 6.42 Å². The molecule has 0 radical (unpaired) electrons. The summed E-state index contributed by atoms with van der Waals surface area (Å²) in [6, 6.07) is 0.